The van der Waals surface area contributed by atoms with Crippen molar-refractivity contribution >= 4 is 23.3 Å². The van der Waals surface area contributed by atoms with Gasteiger partial charge in [0.15, 0.2) is 6.61 Å². The maximum Gasteiger partial charge on any atom is 0.338 e. The van der Waals surface area contributed by atoms with Crippen molar-refractivity contribution in [2.24, 2.45) is 0 Å². The monoisotopic (exact) mass is 411 g/mol. The van der Waals surface area contributed by atoms with E-state index in [1.165, 1.54) is 12.1 Å². The summed E-state index contributed by atoms with van der Waals surface area (Å²) in [6.07, 6.45) is 3.08. The van der Waals surface area contributed by atoms with Gasteiger partial charge in [-0.1, -0.05) is 29.8 Å². The van der Waals surface area contributed by atoms with Crippen molar-refractivity contribution in [1.29, 1.82) is 0 Å². The third-order valence-corrected chi connectivity index (χ3v) is 5.05. The largest absolute Gasteiger partial charge is 0.452 e. The summed E-state index contributed by atoms with van der Waals surface area (Å²) in [5.41, 5.74) is 2.49. The summed E-state index contributed by atoms with van der Waals surface area (Å²) in [6, 6.07) is 12.0. The summed E-state index contributed by atoms with van der Waals surface area (Å²) in [7, 11) is 0. The van der Waals surface area contributed by atoms with E-state index in [9.17, 15) is 19.7 Å². The van der Waals surface area contributed by atoms with Gasteiger partial charge in [-0.2, -0.15) is 0 Å². The molecule has 2 aromatic carbocycles. The number of hydrogen-bond donors (Lipinski definition) is 1. The first kappa shape index (κ1) is 21.3. The molecule has 1 heterocycles. The summed E-state index contributed by atoms with van der Waals surface area (Å²) in [5, 5.41) is 14.2. The SMILES string of the molecule is Cc1ccc(CNC(=O)COC(=O)c2ccc(N3CCCCC3)c([N+](=O)[O-])c2)cc1. The molecule has 30 heavy (non-hydrogen) atoms. The summed E-state index contributed by atoms with van der Waals surface area (Å²) in [5.74, 6) is -1.21. The van der Waals surface area contributed by atoms with Gasteiger partial charge in [-0.3, -0.25) is 14.9 Å². The van der Waals surface area contributed by atoms with Crippen LogP contribution < -0.4 is 10.2 Å². The molecule has 0 saturated carbocycles. The van der Waals surface area contributed by atoms with E-state index in [-0.39, 0.29) is 11.3 Å². The average Bonchev–Trinajstić information content (AvgIpc) is 2.77. The molecule has 2 aromatic rings. The molecule has 0 aliphatic carbocycles. The number of rotatable bonds is 7. The van der Waals surface area contributed by atoms with Gasteiger partial charge in [-0.25, -0.2) is 4.79 Å². The molecular weight excluding hydrogens is 386 g/mol. The second-order valence-corrected chi connectivity index (χ2v) is 7.35. The van der Waals surface area contributed by atoms with Gasteiger partial charge >= 0.3 is 5.97 Å². The Morgan fingerprint density at radius 3 is 2.47 bits per heavy atom. The van der Waals surface area contributed by atoms with E-state index in [1.807, 2.05) is 36.1 Å². The fraction of sp³-hybridized carbons (Fsp3) is 0.364. The molecule has 1 aliphatic heterocycles. The number of nitro groups is 1. The summed E-state index contributed by atoms with van der Waals surface area (Å²) in [6.45, 7) is 3.36. The van der Waals surface area contributed by atoms with Gasteiger partial charge in [0.1, 0.15) is 5.69 Å². The maximum absolute atomic E-state index is 12.3. The normalized spacial score (nSPS) is 13.6. The Kier molecular flexibility index (Phi) is 7.00. The molecule has 0 atom stereocenters. The number of carbonyl (C=O) groups excluding carboxylic acids is 2. The maximum atomic E-state index is 12.3. The highest BCUT2D eigenvalue weighted by molar-refractivity contribution is 5.93. The van der Waals surface area contributed by atoms with E-state index >= 15 is 0 Å². The molecule has 1 saturated heterocycles. The van der Waals surface area contributed by atoms with Crippen LogP contribution in [0.3, 0.4) is 0 Å². The minimum absolute atomic E-state index is 0.0498. The van der Waals surface area contributed by atoms with Crippen LogP contribution in [0.5, 0.6) is 0 Å². The second-order valence-electron chi connectivity index (χ2n) is 7.35. The first-order chi connectivity index (χ1) is 14.4. The molecule has 1 fully saturated rings. The van der Waals surface area contributed by atoms with Crippen molar-refractivity contribution < 1.29 is 19.2 Å². The average molecular weight is 411 g/mol. The van der Waals surface area contributed by atoms with Gasteiger partial charge in [0.2, 0.25) is 0 Å². The van der Waals surface area contributed by atoms with E-state index in [0.717, 1.165) is 43.5 Å². The number of amides is 1. The lowest BCUT2D eigenvalue weighted by Crippen LogP contribution is -2.30. The van der Waals surface area contributed by atoms with Crippen molar-refractivity contribution in [2.75, 3.05) is 24.6 Å². The van der Waals surface area contributed by atoms with Crippen molar-refractivity contribution in [3.8, 4) is 0 Å². The van der Waals surface area contributed by atoms with Crippen LogP contribution in [0.4, 0.5) is 11.4 Å². The number of carbonyl (C=O) groups is 2. The first-order valence-electron chi connectivity index (χ1n) is 9.97. The number of benzene rings is 2. The molecule has 0 radical (unpaired) electrons. The summed E-state index contributed by atoms with van der Waals surface area (Å²) < 4.78 is 5.03. The van der Waals surface area contributed by atoms with Crippen LogP contribution in [0.1, 0.15) is 40.7 Å². The lowest BCUT2D eigenvalue weighted by atomic mass is 10.1. The fourth-order valence-corrected chi connectivity index (χ4v) is 3.37. The fourth-order valence-electron chi connectivity index (χ4n) is 3.37. The molecule has 3 rings (SSSR count). The highest BCUT2D eigenvalue weighted by Crippen LogP contribution is 2.31. The van der Waals surface area contributed by atoms with Crippen LogP contribution in [0.15, 0.2) is 42.5 Å². The molecule has 0 bridgehead atoms. The molecule has 0 unspecified atom stereocenters. The lowest BCUT2D eigenvalue weighted by molar-refractivity contribution is -0.384. The van der Waals surface area contributed by atoms with Crippen molar-refractivity contribution in [2.45, 2.75) is 32.7 Å². The van der Waals surface area contributed by atoms with E-state index in [1.54, 1.807) is 6.07 Å². The molecule has 8 nitrogen and oxygen atoms in total. The first-order valence-corrected chi connectivity index (χ1v) is 9.97. The van der Waals surface area contributed by atoms with E-state index in [4.69, 9.17) is 4.74 Å². The van der Waals surface area contributed by atoms with Crippen molar-refractivity contribution in [3.05, 3.63) is 69.3 Å². The molecule has 8 heteroatoms. The number of esters is 1. The Bertz CT molecular complexity index is 921. The van der Waals surface area contributed by atoms with Crippen LogP contribution in [-0.2, 0) is 16.1 Å². The van der Waals surface area contributed by atoms with Crippen molar-refractivity contribution in [3.63, 3.8) is 0 Å². The predicted molar refractivity (Wildman–Crippen MR) is 112 cm³/mol. The highest BCUT2D eigenvalue weighted by atomic mass is 16.6. The van der Waals surface area contributed by atoms with Crippen LogP contribution in [0.2, 0.25) is 0 Å². The zero-order chi connectivity index (χ0) is 21.5. The number of nitro benzene ring substituents is 1. The van der Waals surface area contributed by atoms with Gasteiger partial charge in [-0.15, -0.1) is 0 Å². The quantitative estimate of drug-likeness (QED) is 0.426. The third-order valence-electron chi connectivity index (χ3n) is 5.05. The number of nitrogens with zero attached hydrogens (tertiary/aromatic N) is 2. The zero-order valence-corrected chi connectivity index (χ0v) is 16.9. The summed E-state index contributed by atoms with van der Waals surface area (Å²) in [4.78, 5) is 37.2. The summed E-state index contributed by atoms with van der Waals surface area (Å²) >= 11 is 0. The van der Waals surface area contributed by atoms with Gasteiger partial charge in [-0.05, 0) is 43.9 Å². The van der Waals surface area contributed by atoms with Crippen LogP contribution >= 0.6 is 0 Å². The number of anilines is 1. The predicted octanol–water partition coefficient (Wildman–Crippen LogP) is 3.37. The smallest absolute Gasteiger partial charge is 0.338 e. The number of ether oxygens (including phenoxy) is 1. The Balaban J connectivity index is 1.57. The van der Waals surface area contributed by atoms with E-state index < -0.39 is 23.4 Å². The molecule has 158 valence electrons. The van der Waals surface area contributed by atoms with E-state index in [0.29, 0.717) is 12.2 Å². The molecule has 0 aromatic heterocycles. The number of aryl methyl sites for hydroxylation is 1. The lowest BCUT2D eigenvalue weighted by Gasteiger charge is -2.28. The minimum atomic E-state index is -0.770. The number of nitrogens with one attached hydrogen (secondary N) is 1. The second kappa shape index (κ2) is 9.87. The van der Waals surface area contributed by atoms with Gasteiger partial charge in [0, 0.05) is 25.7 Å². The standard InChI is InChI=1S/C22H25N3O5/c1-16-5-7-17(8-6-16)14-23-21(26)15-30-22(27)18-9-10-19(20(13-18)25(28)29)24-11-3-2-4-12-24/h5-10,13H,2-4,11-12,14-15H2,1H3,(H,23,26). The van der Waals surface area contributed by atoms with Gasteiger partial charge < -0.3 is 15.0 Å². The Labute approximate surface area is 175 Å². The third kappa shape index (κ3) is 5.56. The van der Waals surface area contributed by atoms with Gasteiger partial charge in [0.25, 0.3) is 11.6 Å². The van der Waals surface area contributed by atoms with Gasteiger partial charge in [0.05, 0.1) is 10.5 Å². The molecule has 1 N–H and O–H groups in total. The number of piperidine rings is 1. The topological polar surface area (TPSA) is 102 Å². The minimum Gasteiger partial charge on any atom is -0.452 e. The Morgan fingerprint density at radius 1 is 1.10 bits per heavy atom. The Hall–Kier alpha value is -3.42. The highest BCUT2D eigenvalue weighted by Gasteiger charge is 2.23. The molecule has 1 amide bonds. The van der Waals surface area contributed by atoms with Crippen LogP contribution in [-0.4, -0.2) is 36.5 Å². The van der Waals surface area contributed by atoms with Crippen LogP contribution in [0.25, 0.3) is 0 Å². The molecule has 1 aliphatic rings. The molecule has 0 spiro atoms. The molecular formula is C22H25N3O5. The van der Waals surface area contributed by atoms with E-state index in [2.05, 4.69) is 5.32 Å². The Morgan fingerprint density at radius 2 is 1.80 bits per heavy atom. The van der Waals surface area contributed by atoms with Crippen LogP contribution in [0, 0.1) is 17.0 Å². The number of hydrogen-bond acceptors (Lipinski definition) is 6. The zero-order valence-electron chi connectivity index (χ0n) is 16.9. The van der Waals surface area contributed by atoms with Crippen molar-refractivity contribution in [1.82, 2.24) is 5.32 Å².